The molecule has 0 bridgehead atoms. The Kier molecular flexibility index (Phi) is 4.11. The van der Waals surface area contributed by atoms with Gasteiger partial charge in [-0.2, -0.15) is 0 Å². The Morgan fingerprint density at radius 2 is 1.67 bits per heavy atom. The van der Waals surface area contributed by atoms with Gasteiger partial charge in [-0.15, -0.1) is 0 Å². The van der Waals surface area contributed by atoms with Gasteiger partial charge in [0.1, 0.15) is 0 Å². The molecule has 2 rings (SSSR count). The van der Waals surface area contributed by atoms with Gasteiger partial charge in [0.15, 0.2) is 11.5 Å². The first-order valence-corrected chi connectivity index (χ1v) is 7.38. The Labute approximate surface area is 127 Å². The van der Waals surface area contributed by atoms with Crippen LogP contribution in [0.2, 0.25) is 0 Å². The number of anilines is 1. The summed E-state index contributed by atoms with van der Waals surface area (Å²) >= 11 is 0. The van der Waals surface area contributed by atoms with E-state index in [1.807, 2.05) is 12.1 Å². The molecule has 1 aromatic carbocycles. The molecule has 0 radical (unpaired) electrons. The lowest BCUT2D eigenvalue weighted by Gasteiger charge is -2.29. The number of nitrogens with one attached hydrogen (secondary N) is 1. The van der Waals surface area contributed by atoms with Gasteiger partial charge in [-0.05, 0) is 52.7 Å². The Morgan fingerprint density at radius 3 is 2.14 bits per heavy atom. The molecule has 0 aromatic heterocycles. The largest absolute Gasteiger partial charge is 0.493 e. The van der Waals surface area contributed by atoms with E-state index >= 15 is 0 Å². The van der Waals surface area contributed by atoms with Gasteiger partial charge < -0.3 is 19.5 Å². The SMILES string of the molecule is COc1cc(C)c(NC2CC(C)(C)OC2(C)C)cc1OC. The van der Waals surface area contributed by atoms with Crippen molar-refractivity contribution < 1.29 is 14.2 Å². The molecule has 4 heteroatoms. The molecule has 0 spiro atoms. The minimum atomic E-state index is -0.205. The number of methoxy groups -OCH3 is 2. The van der Waals surface area contributed by atoms with Gasteiger partial charge in [0.05, 0.1) is 31.5 Å². The number of aryl methyl sites for hydroxylation is 1. The lowest BCUT2D eigenvalue weighted by atomic mass is 9.94. The van der Waals surface area contributed by atoms with E-state index in [0.29, 0.717) is 0 Å². The fraction of sp³-hybridized carbons (Fsp3) is 0.647. The zero-order chi connectivity index (χ0) is 15.8. The van der Waals surface area contributed by atoms with Crippen LogP contribution in [0.1, 0.15) is 39.7 Å². The van der Waals surface area contributed by atoms with Crippen molar-refractivity contribution >= 4 is 5.69 Å². The Bertz CT molecular complexity index is 523. The fourth-order valence-electron chi connectivity index (χ4n) is 3.11. The lowest BCUT2D eigenvalue weighted by molar-refractivity contribution is -0.0662. The third kappa shape index (κ3) is 3.26. The van der Waals surface area contributed by atoms with Gasteiger partial charge in [0.2, 0.25) is 0 Å². The molecule has 0 saturated carbocycles. The van der Waals surface area contributed by atoms with Crippen molar-refractivity contribution in [3.63, 3.8) is 0 Å². The molecule has 0 amide bonds. The van der Waals surface area contributed by atoms with E-state index in [1.165, 1.54) is 0 Å². The average molecular weight is 293 g/mol. The highest BCUT2D eigenvalue weighted by atomic mass is 16.5. The molecule has 21 heavy (non-hydrogen) atoms. The van der Waals surface area contributed by atoms with Crippen LogP contribution < -0.4 is 14.8 Å². The molecule has 4 nitrogen and oxygen atoms in total. The van der Waals surface area contributed by atoms with Crippen molar-refractivity contribution in [2.24, 2.45) is 0 Å². The predicted octanol–water partition coefficient (Wildman–Crippen LogP) is 3.77. The van der Waals surface area contributed by atoms with E-state index in [-0.39, 0.29) is 17.2 Å². The molecule has 1 atom stereocenters. The Hall–Kier alpha value is -1.42. The maximum Gasteiger partial charge on any atom is 0.162 e. The van der Waals surface area contributed by atoms with Crippen LogP contribution in [0.15, 0.2) is 12.1 Å². The van der Waals surface area contributed by atoms with E-state index in [0.717, 1.165) is 29.2 Å². The van der Waals surface area contributed by atoms with Crippen molar-refractivity contribution in [2.45, 2.75) is 58.3 Å². The molecule has 1 saturated heterocycles. The summed E-state index contributed by atoms with van der Waals surface area (Å²) in [6.45, 7) is 10.6. The van der Waals surface area contributed by atoms with Crippen molar-refractivity contribution in [1.82, 2.24) is 0 Å². The fourth-order valence-corrected chi connectivity index (χ4v) is 3.11. The number of hydrogen-bond acceptors (Lipinski definition) is 4. The molecule has 1 heterocycles. The summed E-state index contributed by atoms with van der Waals surface area (Å²) < 4.78 is 16.9. The van der Waals surface area contributed by atoms with Crippen LogP contribution in [0.5, 0.6) is 11.5 Å². The van der Waals surface area contributed by atoms with E-state index < -0.39 is 0 Å². The normalized spacial score (nSPS) is 22.9. The van der Waals surface area contributed by atoms with Crippen LogP contribution in [-0.2, 0) is 4.74 Å². The minimum absolute atomic E-state index is 0.106. The molecule has 1 aliphatic rings. The highest BCUT2D eigenvalue weighted by molar-refractivity contribution is 5.61. The molecule has 1 N–H and O–H groups in total. The summed E-state index contributed by atoms with van der Waals surface area (Å²) in [7, 11) is 3.31. The lowest BCUT2D eigenvalue weighted by Crippen LogP contribution is -2.38. The van der Waals surface area contributed by atoms with Gasteiger partial charge in [-0.3, -0.25) is 0 Å². The highest BCUT2D eigenvalue weighted by Crippen LogP contribution is 2.40. The molecule has 1 unspecified atom stereocenters. The van der Waals surface area contributed by atoms with Gasteiger partial charge >= 0.3 is 0 Å². The second-order valence-corrected chi connectivity index (χ2v) is 6.89. The second kappa shape index (κ2) is 5.41. The van der Waals surface area contributed by atoms with Gasteiger partial charge in [-0.25, -0.2) is 0 Å². The Balaban J connectivity index is 2.28. The first-order chi connectivity index (χ1) is 9.68. The van der Waals surface area contributed by atoms with Crippen LogP contribution >= 0.6 is 0 Å². The third-order valence-electron chi connectivity index (χ3n) is 4.13. The van der Waals surface area contributed by atoms with Gasteiger partial charge in [-0.1, -0.05) is 0 Å². The third-order valence-corrected chi connectivity index (χ3v) is 4.13. The number of benzene rings is 1. The molecule has 0 aliphatic carbocycles. The summed E-state index contributed by atoms with van der Waals surface area (Å²) in [5, 5.41) is 3.62. The van der Waals surface area contributed by atoms with E-state index in [1.54, 1.807) is 14.2 Å². The number of rotatable bonds is 4. The molecule has 118 valence electrons. The van der Waals surface area contributed by atoms with E-state index in [9.17, 15) is 0 Å². The number of ether oxygens (including phenoxy) is 3. The van der Waals surface area contributed by atoms with Crippen molar-refractivity contribution in [3.8, 4) is 11.5 Å². The first kappa shape index (κ1) is 16.0. The maximum atomic E-state index is 6.14. The minimum Gasteiger partial charge on any atom is -0.493 e. The van der Waals surface area contributed by atoms with Crippen LogP contribution in [0.25, 0.3) is 0 Å². The van der Waals surface area contributed by atoms with Crippen molar-refractivity contribution in [2.75, 3.05) is 19.5 Å². The summed E-state index contributed by atoms with van der Waals surface area (Å²) in [4.78, 5) is 0. The molecule has 1 aromatic rings. The molecular weight excluding hydrogens is 266 g/mol. The Morgan fingerprint density at radius 1 is 1.10 bits per heavy atom. The summed E-state index contributed by atoms with van der Waals surface area (Å²) in [6, 6.07) is 4.24. The van der Waals surface area contributed by atoms with Crippen LogP contribution in [0, 0.1) is 6.92 Å². The topological polar surface area (TPSA) is 39.7 Å². The highest BCUT2D eigenvalue weighted by Gasteiger charge is 2.45. The first-order valence-electron chi connectivity index (χ1n) is 7.38. The zero-order valence-electron chi connectivity index (χ0n) is 14.2. The zero-order valence-corrected chi connectivity index (χ0v) is 14.2. The predicted molar refractivity (Wildman–Crippen MR) is 85.6 cm³/mol. The van der Waals surface area contributed by atoms with Gasteiger partial charge in [0.25, 0.3) is 0 Å². The maximum absolute atomic E-state index is 6.14. The summed E-state index contributed by atoms with van der Waals surface area (Å²) in [5.41, 5.74) is 1.88. The monoisotopic (exact) mass is 293 g/mol. The van der Waals surface area contributed by atoms with Crippen LogP contribution in [0.4, 0.5) is 5.69 Å². The summed E-state index contributed by atoms with van der Waals surface area (Å²) in [6.07, 6.45) is 0.966. The average Bonchev–Trinajstić information content (AvgIpc) is 2.58. The van der Waals surface area contributed by atoms with Gasteiger partial charge in [0, 0.05) is 11.8 Å². The van der Waals surface area contributed by atoms with Crippen molar-refractivity contribution in [3.05, 3.63) is 17.7 Å². The van der Waals surface area contributed by atoms with Crippen LogP contribution in [0.3, 0.4) is 0 Å². The molecular formula is C17H27NO3. The molecule has 1 fully saturated rings. The summed E-state index contributed by atoms with van der Waals surface area (Å²) in [5.74, 6) is 1.49. The standard InChI is InChI=1S/C17H27NO3/c1-11-8-13(19-6)14(20-7)9-12(11)18-15-10-16(2,3)21-17(15,4)5/h8-9,15,18H,10H2,1-7H3. The number of hydrogen-bond donors (Lipinski definition) is 1. The smallest absolute Gasteiger partial charge is 0.162 e. The van der Waals surface area contributed by atoms with Crippen molar-refractivity contribution in [1.29, 1.82) is 0 Å². The quantitative estimate of drug-likeness (QED) is 0.917. The van der Waals surface area contributed by atoms with Crippen LogP contribution in [-0.4, -0.2) is 31.5 Å². The second-order valence-electron chi connectivity index (χ2n) is 6.89. The van der Waals surface area contributed by atoms with E-state index in [4.69, 9.17) is 14.2 Å². The van der Waals surface area contributed by atoms with E-state index in [2.05, 4.69) is 39.9 Å². The molecule has 1 aliphatic heterocycles.